The van der Waals surface area contributed by atoms with E-state index in [0.29, 0.717) is 0 Å². The molecule has 0 aliphatic heterocycles. The normalized spacial score (nSPS) is 9.56. The topological polar surface area (TPSA) is 17.1 Å². The Labute approximate surface area is 101 Å². The molecule has 0 rings (SSSR count). The van der Waals surface area contributed by atoms with Crippen LogP contribution in [0.1, 0.15) is 77.6 Å². The number of rotatable bonds is 10. The van der Waals surface area contributed by atoms with Crippen molar-refractivity contribution >= 4 is 6.29 Å². The quantitative estimate of drug-likeness (QED) is 0.302. The molecule has 0 saturated carbocycles. The molecule has 0 unspecified atom stereocenters. The van der Waals surface area contributed by atoms with Crippen LogP contribution >= 0.6 is 0 Å². The van der Waals surface area contributed by atoms with Gasteiger partial charge in [0.15, 0.2) is 0 Å². The van der Waals surface area contributed by atoms with E-state index in [0.717, 1.165) is 32.0 Å². The summed E-state index contributed by atoms with van der Waals surface area (Å²) in [6, 6.07) is 0. The zero-order chi connectivity index (χ0) is 11.9. The van der Waals surface area contributed by atoms with E-state index in [-0.39, 0.29) is 0 Å². The first-order chi connectivity index (χ1) is 7.91. The van der Waals surface area contributed by atoms with Crippen LogP contribution < -0.4 is 0 Å². The predicted molar refractivity (Wildman–Crippen MR) is 70.3 cm³/mol. The van der Waals surface area contributed by atoms with Gasteiger partial charge in [0.1, 0.15) is 6.29 Å². The highest BCUT2D eigenvalue weighted by atomic mass is 16.1. The van der Waals surface area contributed by atoms with Gasteiger partial charge in [0.05, 0.1) is 0 Å². The molecule has 0 aromatic heterocycles. The van der Waals surface area contributed by atoms with Crippen LogP contribution in [0.15, 0.2) is 0 Å². The average molecular weight is 222 g/mol. The molecule has 0 radical (unpaired) electrons. The monoisotopic (exact) mass is 222 g/mol. The van der Waals surface area contributed by atoms with Crippen LogP contribution in [0.4, 0.5) is 0 Å². The second-order valence-corrected chi connectivity index (χ2v) is 4.28. The molecule has 0 aliphatic carbocycles. The van der Waals surface area contributed by atoms with Gasteiger partial charge in [0.2, 0.25) is 0 Å². The Balaban J connectivity index is 2.99. The van der Waals surface area contributed by atoms with Crippen LogP contribution in [0.25, 0.3) is 0 Å². The summed E-state index contributed by atoms with van der Waals surface area (Å²) in [7, 11) is 0. The van der Waals surface area contributed by atoms with Crippen LogP contribution in [-0.2, 0) is 4.79 Å². The van der Waals surface area contributed by atoms with Crippen molar-refractivity contribution in [3.8, 4) is 11.8 Å². The highest BCUT2D eigenvalue weighted by molar-refractivity contribution is 5.48. The summed E-state index contributed by atoms with van der Waals surface area (Å²) in [5.74, 6) is 6.39. The van der Waals surface area contributed by atoms with Crippen molar-refractivity contribution in [1.82, 2.24) is 0 Å². The highest BCUT2D eigenvalue weighted by Gasteiger charge is 1.90. The summed E-state index contributed by atoms with van der Waals surface area (Å²) in [5.41, 5.74) is 0. The van der Waals surface area contributed by atoms with Gasteiger partial charge < -0.3 is 4.79 Å². The standard InChI is InChI=1S/C15H26O/c1-2-3-4-5-6-7-8-9-10-11-12-13-14-15-16/h15H,2-3,6-14H2,1H3. The molecule has 0 spiro atoms. The van der Waals surface area contributed by atoms with Gasteiger partial charge in [-0.15, -0.1) is 11.8 Å². The number of aldehydes is 1. The van der Waals surface area contributed by atoms with Crippen molar-refractivity contribution in [2.75, 3.05) is 0 Å². The zero-order valence-corrected chi connectivity index (χ0v) is 10.8. The lowest BCUT2D eigenvalue weighted by Crippen LogP contribution is -1.81. The van der Waals surface area contributed by atoms with E-state index >= 15 is 0 Å². The summed E-state index contributed by atoms with van der Waals surface area (Å²) in [6.45, 7) is 2.17. The number of carbonyl (C=O) groups is 1. The molecule has 16 heavy (non-hydrogen) atoms. The van der Waals surface area contributed by atoms with E-state index in [1.807, 2.05) is 0 Å². The molecule has 0 N–H and O–H groups in total. The van der Waals surface area contributed by atoms with E-state index in [1.54, 1.807) is 0 Å². The number of hydrogen-bond acceptors (Lipinski definition) is 1. The lowest BCUT2D eigenvalue weighted by atomic mass is 10.1. The van der Waals surface area contributed by atoms with Gasteiger partial charge in [-0.25, -0.2) is 0 Å². The largest absolute Gasteiger partial charge is 0.303 e. The van der Waals surface area contributed by atoms with E-state index in [1.165, 1.54) is 44.9 Å². The Bertz CT molecular complexity index is 197. The summed E-state index contributed by atoms with van der Waals surface area (Å²) in [4.78, 5) is 10.1. The second-order valence-electron chi connectivity index (χ2n) is 4.28. The van der Waals surface area contributed by atoms with E-state index in [9.17, 15) is 4.79 Å². The van der Waals surface area contributed by atoms with Gasteiger partial charge in [-0.1, -0.05) is 39.0 Å². The molecule has 0 aromatic carbocycles. The highest BCUT2D eigenvalue weighted by Crippen LogP contribution is 2.08. The molecule has 0 saturated heterocycles. The summed E-state index contributed by atoms with van der Waals surface area (Å²) in [6.07, 6.45) is 13.9. The molecular weight excluding hydrogens is 196 g/mol. The molecule has 0 bridgehead atoms. The van der Waals surface area contributed by atoms with E-state index in [2.05, 4.69) is 18.8 Å². The SMILES string of the molecule is CCCC#CCCCCCCCCCC=O. The third-order valence-corrected chi connectivity index (χ3v) is 2.62. The lowest BCUT2D eigenvalue weighted by molar-refractivity contribution is -0.107. The Hall–Kier alpha value is -0.770. The Morgan fingerprint density at radius 3 is 2.00 bits per heavy atom. The van der Waals surface area contributed by atoms with E-state index < -0.39 is 0 Å². The van der Waals surface area contributed by atoms with Gasteiger partial charge in [0.25, 0.3) is 0 Å². The molecule has 1 nitrogen and oxygen atoms in total. The minimum absolute atomic E-state index is 0.743. The van der Waals surface area contributed by atoms with Crippen molar-refractivity contribution in [2.45, 2.75) is 77.6 Å². The Kier molecular flexibility index (Phi) is 13.5. The number of unbranched alkanes of at least 4 members (excludes halogenated alkanes) is 9. The molecule has 0 fully saturated rings. The van der Waals surface area contributed by atoms with Crippen LogP contribution in [0.5, 0.6) is 0 Å². The minimum Gasteiger partial charge on any atom is -0.303 e. The third-order valence-electron chi connectivity index (χ3n) is 2.62. The molecular formula is C15H26O. The summed E-state index contributed by atoms with van der Waals surface area (Å²) in [5, 5.41) is 0. The smallest absolute Gasteiger partial charge is 0.119 e. The fraction of sp³-hybridized carbons (Fsp3) is 0.800. The maximum atomic E-state index is 10.1. The van der Waals surface area contributed by atoms with Gasteiger partial charge >= 0.3 is 0 Å². The maximum absolute atomic E-state index is 10.1. The van der Waals surface area contributed by atoms with Crippen molar-refractivity contribution in [3.05, 3.63) is 0 Å². The second kappa shape index (κ2) is 14.2. The molecule has 0 aliphatic rings. The Morgan fingerprint density at radius 1 is 0.812 bits per heavy atom. The fourth-order valence-corrected chi connectivity index (χ4v) is 1.63. The van der Waals surface area contributed by atoms with Crippen molar-refractivity contribution < 1.29 is 4.79 Å². The van der Waals surface area contributed by atoms with Crippen LogP contribution in [0.3, 0.4) is 0 Å². The molecule has 1 heteroatoms. The van der Waals surface area contributed by atoms with Crippen molar-refractivity contribution in [3.63, 3.8) is 0 Å². The lowest BCUT2D eigenvalue weighted by Gasteiger charge is -1.98. The van der Waals surface area contributed by atoms with Crippen molar-refractivity contribution in [2.24, 2.45) is 0 Å². The molecule has 0 heterocycles. The fourth-order valence-electron chi connectivity index (χ4n) is 1.63. The first-order valence-electron chi connectivity index (χ1n) is 6.81. The van der Waals surface area contributed by atoms with Crippen LogP contribution in [0, 0.1) is 11.8 Å². The van der Waals surface area contributed by atoms with Crippen LogP contribution in [0.2, 0.25) is 0 Å². The van der Waals surface area contributed by atoms with Gasteiger partial charge in [-0.3, -0.25) is 0 Å². The first kappa shape index (κ1) is 15.2. The molecule has 0 aromatic rings. The van der Waals surface area contributed by atoms with Crippen molar-refractivity contribution in [1.29, 1.82) is 0 Å². The summed E-state index contributed by atoms with van der Waals surface area (Å²) >= 11 is 0. The third kappa shape index (κ3) is 13.2. The first-order valence-corrected chi connectivity index (χ1v) is 6.81. The van der Waals surface area contributed by atoms with E-state index in [4.69, 9.17) is 0 Å². The zero-order valence-electron chi connectivity index (χ0n) is 10.8. The Morgan fingerprint density at radius 2 is 1.38 bits per heavy atom. The van der Waals surface area contributed by atoms with Gasteiger partial charge in [-0.2, -0.15) is 0 Å². The summed E-state index contributed by atoms with van der Waals surface area (Å²) < 4.78 is 0. The molecule has 92 valence electrons. The van der Waals surface area contributed by atoms with Crippen LogP contribution in [-0.4, -0.2) is 6.29 Å². The minimum atomic E-state index is 0.743. The number of carbonyl (C=O) groups excluding carboxylic acids is 1. The van der Waals surface area contributed by atoms with Gasteiger partial charge in [0, 0.05) is 19.3 Å². The average Bonchev–Trinajstić information content (AvgIpc) is 2.31. The predicted octanol–water partition coefficient (Wildman–Crippen LogP) is 4.50. The van der Waals surface area contributed by atoms with Gasteiger partial charge in [-0.05, 0) is 19.3 Å². The number of hydrogen-bond donors (Lipinski definition) is 0. The maximum Gasteiger partial charge on any atom is 0.119 e. The molecule has 0 amide bonds. The molecule has 0 atom stereocenters.